The standard InChI is InChI=1S/C19H11Cl4NO3S/c20-12-6-8-14(22)18(10-12)28(25,26)24-16-3-1-2-4-17(16)27-19(24)11-5-7-13(21)15(23)9-11/h1-10,19H. The largest absolute Gasteiger partial charge is 0.463 e. The maximum Gasteiger partial charge on any atom is 0.269 e. The molecule has 1 aliphatic rings. The summed E-state index contributed by atoms with van der Waals surface area (Å²) in [7, 11) is -4.11. The third-order valence-electron chi connectivity index (χ3n) is 4.21. The number of fused-ring (bicyclic) bond motifs is 1. The van der Waals surface area contributed by atoms with Crippen LogP contribution >= 0.6 is 46.4 Å². The van der Waals surface area contributed by atoms with E-state index in [1.165, 1.54) is 22.5 Å². The first-order valence-corrected chi connectivity index (χ1v) is 10.9. The summed E-state index contributed by atoms with van der Waals surface area (Å²) in [5.74, 6) is 0.417. The van der Waals surface area contributed by atoms with Gasteiger partial charge in [-0.15, -0.1) is 0 Å². The molecule has 1 unspecified atom stereocenters. The zero-order valence-corrected chi connectivity index (χ0v) is 17.8. The van der Waals surface area contributed by atoms with Crippen molar-refractivity contribution in [2.75, 3.05) is 4.31 Å². The second kappa shape index (κ2) is 7.32. The molecule has 144 valence electrons. The van der Waals surface area contributed by atoms with Crippen molar-refractivity contribution in [3.63, 3.8) is 0 Å². The molecule has 3 aromatic rings. The van der Waals surface area contributed by atoms with Crippen molar-refractivity contribution >= 4 is 62.1 Å². The van der Waals surface area contributed by atoms with Gasteiger partial charge in [0.05, 0.1) is 20.8 Å². The number of hydrogen-bond donors (Lipinski definition) is 0. The van der Waals surface area contributed by atoms with E-state index in [2.05, 4.69) is 0 Å². The van der Waals surface area contributed by atoms with Crippen molar-refractivity contribution in [2.24, 2.45) is 0 Å². The molecule has 1 heterocycles. The molecular formula is C19H11Cl4NO3S. The van der Waals surface area contributed by atoms with Gasteiger partial charge in [0.15, 0.2) is 0 Å². The minimum absolute atomic E-state index is 0.0571. The fraction of sp³-hybridized carbons (Fsp3) is 0.0526. The molecule has 1 atom stereocenters. The topological polar surface area (TPSA) is 46.6 Å². The van der Waals surface area contributed by atoms with Gasteiger partial charge in [0.2, 0.25) is 6.23 Å². The molecule has 28 heavy (non-hydrogen) atoms. The number of benzene rings is 3. The molecule has 0 saturated heterocycles. The zero-order chi connectivity index (χ0) is 20.1. The Kier molecular flexibility index (Phi) is 5.14. The minimum atomic E-state index is -4.11. The lowest BCUT2D eigenvalue weighted by Gasteiger charge is -2.25. The number of rotatable bonds is 3. The number of ether oxygens (including phenoxy) is 1. The van der Waals surface area contributed by atoms with Crippen LogP contribution in [0.15, 0.2) is 65.6 Å². The van der Waals surface area contributed by atoms with E-state index in [1.807, 2.05) is 0 Å². The van der Waals surface area contributed by atoms with Crippen LogP contribution in [0.4, 0.5) is 5.69 Å². The van der Waals surface area contributed by atoms with E-state index in [9.17, 15) is 8.42 Å². The molecule has 4 rings (SSSR count). The predicted molar refractivity (Wildman–Crippen MR) is 112 cm³/mol. The molecular weight excluding hydrogens is 464 g/mol. The maximum atomic E-state index is 13.5. The number of para-hydroxylation sites is 2. The maximum absolute atomic E-state index is 13.5. The van der Waals surface area contributed by atoms with Crippen LogP contribution in [0, 0.1) is 0 Å². The summed E-state index contributed by atoms with van der Waals surface area (Å²) in [6.07, 6.45) is -0.979. The molecule has 1 aliphatic heterocycles. The lowest BCUT2D eigenvalue weighted by molar-refractivity contribution is 0.245. The number of sulfonamides is 1. The fourth-order valence-corrected chi connectivity index (χ4v) is 5.52. The molecule has 0 amide bonds. The van der Waals surface area contributed by atoms with E-state index in [-0.39, 0.29) is 20.0 Å². The van der Waals surface area contributed by atoms with E-state index in [0.29, 0.717) is 22.0 Å². The highest BCUT2D eigenvalue weighted by molar-refractivity contribution is 7.93. The first-order valence-electron chi connectivity index (χ1n) is 7.99. The van der Waals surface area contributed by atoms with E-state index < -0.39 is 16.3 Å². The Balaban J connectivity index is 1.91. The molecule has 0 radical (unpaired) electrons. The van der Waals surface area contributed by atoms with Gasteiger partial charge < -0.3 is 4.74 Å². The van der Waals surface area contributed by atoms with Crippen LogP contribution in [-0.2, 0) is 10.0 Å². The Morgan fingerprint density at radius 3 is 2.29 bits per heavy atom. The van der Waals surface area contributed by atoms with E-state index in [4.69, 9.17) is 51.1 Å². The number of halogens is 4. The Hall–Kier alpha value is -1.63. The Morgan fingerprint density at radius 1 is 0.821 bits per heavy atom. The minimum Gasteiger partial charge on any atom is -0.463 e. The average molecular weight is 475 g/mol. The van der Waals surface area contributed by atoms with Crippen molar-refractivity contribution in [1.29, 1.82) is 0 Å². The van der Waals surface area contributed by atoms with Gasteiger partial charge in [0, 0.05) is 10.6 Å². The van der Waals surface area contributed by atoms with Crippen LogP contribution in [0.2, 0.25) is 20.1 Å². The molecule has 3 aromatic carbocycles. The zero-order valence-electron chi connectivity index (χ0n) is 13.9. The second-order valence-corrected chi connectivity index (χ2v) is 9.43. The van der Waals surface area contributed by atoms with Crippen molar-refractivity contribution in [1.82, 2.24) is 0 Å². The summed E-state index contributed by atoms with van der Waals surface area (Å²) in [6.45, 7) is 0. The highest BCUT2D eigenvalue weighted by atomic mass is 35.5. The van der Waals surface area contributed by atoms with Gasteiger partial charge in [-0.1, -0.05) is 64.6 Å². The summed E-state index contributed by atoms with van der Waals surface area (Å²) in [5, 5.41) is 0.953. The summed E-state index contributed by atoms with van der Waals surface area (Å²) >= 11 is 24.3. The third-order valence-corrected chi connectivity index (χ3v) is 7.43. The van der Waals surface area contributed by atoms with Gasteiger partial charge in [-0.3, -0.25) is 0 Å². The SMILES string of the molecule is O=S(=O)(c1cc(Cl)ccc1Cl)N1c2ccccc2OC1c1ccc(Cl)c(Cl)c1. The monoisotopic (exact) mass is 473 g/mol. The molecule has 4 nitrogen and oxygen atoms in total. The number of nitrogens with zero attached hydrogens (tertiary/aromatic N) is 1. The van der Waals surface area contributed by atoms with Gasteiger partial charge in [-0.25, -0.2) is 12.7 Å². The van der Waals surface area contributed by atoms with Gasteiger partial charge >= 0.3 is 0 Å². The van der Waals surface area contributed by atoms with Gasteiger partial charge in [0.1, 0.15) is 10.6 Å². The van der Waals surface area contributed by atoms with Crippen LogP contribution in [0.25, 0.3) is 0 Å². The molecule has 0 saturated carbocycles. The van der Waals surface area contributed by atoms with Crippen LogP contribution in [-0.4, -0.2) is 8.42 Å². The first kappa shape index (κ1) is 19.7. The smallest absolute Gasteiger partial charge is 0.269 e. The van der Waals surface area contributed by atoms with Gasteiger partial charge in [0.25, 0.3) is 10.0 Å². The predicted octanol–water partition coefficient (Wildman–Crippen LogP) is 6.59. The second-order valence-electron chi connectivity index (χ2n) is 5.99. The molecule has 0 bridgehead atoms. The van der Waals surface area contributed by atoms with E-state index >= 15 is 0 Å². The lowest BCUT2D eigenvalue weighted by atomic mass is 10.2. The van der Waals surface area contributed by atoms with Gasteiger partial charge in [-0.2, -0.15) is 0 Å². The molecule has 0 spiro atoms. The molecule has 0 aliphatic carbocycles. The molecule has 0 fully saturated rings. The van der Waals surface area contributed by atoms with E-state index in [1.54, 1.807) is 42.5 Å². The van der Waals surface area contributed by atoms with Crippen LogP contribution in [0.1, 0.15) is 11.8 Å². The van der Waals surface area contributed by atoms with Crippen LogP contribution < -0.4 is 9.04 Å². The summed E-state index contributed by atoms with van der Waals surface area (Å²) < 4.78 is 34.2. The van der Waals surface area contributed by atoms with Gasteiger partial charge in [-0.05, 0) is 42.5 Å². The summed E-state index contributed by atoms with van der Waals surface area (Å²) in [4.78, 5) is -0.118. The van der Waals surface area contributed by atoms with Crippen LogP contribution in [0.5, 0.6) is 5.75 Å². The van der Waals surface area contributed by atoms with Crippen molar-refractivity contribution in [3.05, 3.63) is 86.3 Å². The highest BCUT2D eigenvalue weighted by Crippen LogP contribution is 2.47. The van der Waals surface area contributed by atoms with E-state index in [0.717, 1.165) is 0 Å². The Morgan fingerprint density at radius 2 is 1.54 bits per heavy atom. The van der Waals surface area contributed by atoms with Crippen molar-refractivity contribution in [2.45, 2.75) is 11.1 Å². The summed E-state index contributed by atoms with van der Waals surface area (Å²) in [6, 6.07) is 15.9. The molecule has 0 N–H and O–H groups in total. The Bertz CT molecular complexity index is 1180. The lowest BCUT2D eigenvalue weighted by Crippen LogP contribution is -2.34. The average Bonchev–Trinajstić information content (AvgIpc) is 3.06. The molecule has 9 heteroatoms. The Labute approximate surface area is 182 Å². The first-order chi connectivity index (χ1) is 13.3. The fourth-order valence-electron chi connectivity index (χ4n) is 2.94. The van der Waals surface area contributed by atoms with Crippen LogP contribution in [0.3, 0.4) is 0 Å². The third kappa shape index (κ3) is 3.31. The molecule has 0 aromatic heterocycles. The van der Waals surface area contributed by atoms with Crippen molar-refractivity contribution in [3.8, 4) is 5.75 Å². The van der Waals surface area contributed by atoms with Crippen molar-refractivity contribution < 1.29 is 13.2 Å². The quantitative estimate of drug-likeness (QED) is 0.430. The normalized spacial score (nSPS) is 16.0. The summed E-state index contributed by atoms with van der Waals surface area (Å²) in [5.41, 5.74) is 0.905. The highest BCUT2D eigenvalue weighted by Gasteiger charge is 2.42. The number of hydrogen-bond acceptors (Lipinski definition) is 3. The number of anilines is 1.